The Morgan fingerprint density at radius 3 is 2.67 bits per heavy atom. The molecule has 1 heterocycles. The molecule has 4 rings (SSSR count). The Morgan fingerprint density at radius 2 is 1.85 bits per heavy atom. The fourth-order valence-corrected chi connectivity index (χ4v) is 3.77. The average molecular weight is 507 g/mol. The number of carbonyl (C=O) groups is 1. The van der Waals surface area contributed by atoms with Gasteiger partial charge in [0.15, 0.2) is 0 Å². The topological polar surface area (TPSA) is 99.4 Å². The maximum atomic E-state index is 11.5. The Kier molecular flexibility index (Phi) is 7.04. The van der Waals surface area contributed by atoms with Crippen molar-refractivity contribution in [3.8, 4) is 16.9 Å². The van der Waals surface area contributed by atoms with Gasteiger partial charge in [-0.05, 0) is 60.5 Å². The van der Waals surface area contributed by atoms with Gasteiger partial charge in [-0.15, -0.1) is 0 Å². The van der Waals surface area contributed by atoms with E-state index in [0.717, 1.165) is 32.2 Å². The van der Waals surface area contributed by atoms with Crippen molar-refractivity contribution in [3.63, 3.8) is 0 Å². The summed E-state index contributed by atoms with van der Waals surface area (Å²) < 4.78 is 11.6. The summed E-state index contributed by atoms with van der Waals surface area (Å²) >= 11 is 3.49. The zero-order valence-electron chi connectivity index (χ0n) is 18.0. The minimum Gasteiger partial charge on any atom is -0.493 e. The van der Waals surface area contributed by atoms with Gasteiger partial charge in [0, 0.05) is 15.5 Å². The van der Waals surface area contributed by atoms with Crippen LogP contribution in [0.3, 0.4) is 0 Å². The number of fused-ring (bicyclic) bond motifs is 1. The summed E-state index contributed by atoms with van der Waals surface area (Å²) in [5, 5.41) is 4.18. The molecule has 168 valence electrons. The number of aromatic nitrogens is 2. The molecule has 0 bridgehead atoms. The predicted molar refractivity (Wildman–Crippen MR) is 134 cm³/mol. The largest absolute Gasteiger partial charge is 0.493 e. The number of esters is 1. The van der Waals surface area contributed by atoms with Crippen molar-refractivity contribution in [2.75, 3.05) is 24.3 Å². The lowest BCUT2D eigenvalue weighted by molar-refractivity contribution is -0.143. The van der Waals surface area contributed by atoms with Crippen LogP contribution >= 0.6 is 15.9 Å². The highest BCUT2D eigenvalue weighted by Crippen LogP contribution is 2.31. The van der Waals surface area contributed by atoms with E-state index in [9.17, 15) is 4.79 Å². The number of nitrogens with one attached hydrogen (secondary N) is 1. The number of nitrogens with zero attached hydrogens (tertiary/aromatic N) is 2. The van der Waals surface area contributed by atoms with Crippen molar-refractivity contribution in [1.29, 1.82) is 0 Å². The molecule has 3 aromatic carbocycles. The summed E-state index contributed by atoms with van der Waals surface area (Å²) in [6.45, 7) is 2.41. The van der Waals surface area contributed by atoms with Gasteiger partial charge in [0.2, 0.25) is 5.95 Å². The molecule has 0 aliphatic heterocycles. The molecule has 1 aromatic heterocycles. The number of nitrogen functional groups attached to an aromatic ring is 1. The van der Waals surface area contributed by atoms with Crippen molar-refractivity contribution >= 4 is 50.3 Å². The van der Waals surface area contributed by atoms with E-state index in [1.165, 1.54) is 0 Å². The van der Waals surface area contributed by atoms with E-state index in [-0.39, 0.29) is 24.9 Å². The molecule has 0 saturated carbocycles. The zero-order chi connectivity index (χ0) is 23.2. The van der Waals surface area contributed by atoms with Crippen LogP contribution < -0.4 is 15.8 Å². The standard InChI is InChI=1S/C25H23BrN4O3/c1-2-32-23(31)11-12-33-20-8-3-5-16(13-20)17-9-10-22-21(14-17)24(30-25(27)29-22)28-19-7-4-6-18(26)15-19/h3-10,13-15H,2,11-12H2,1H3,(H3,27,28,29,30). The predicted octanol–water partition coefficient (Wildman–Crippen LogP) is 5.72. The third kappa shape index (κ3) is 5.78. The van der Waals surface area contributed by atoms with Gasteiger partial charge in [-0.2, -0.15) is 4.98 Å². The molecular formula is C25H23BrN4O3. The molecule has 4 aromatic rings. The van der Waals surface area contributed by atoms with Crippen molar-refractivity contribution in [3.05, 3.63) is 71.2 Å². The maximum absolute atomic E-state index is 11.5. The fraction of sp³-hybridized carbons (Fsp3) is 0.160. The van der Waals surface area contributed by atoms with Crippen molar-refractivity contribution in [1.82, 2.24) is 9.97 Å². The molecule has 0 amide bonds. The van der Waals surface area contributed by atoms with Crippen molar-refractivity contribution in [2.24, 2.45) is 0 Å². The molecular weight excluding hydrogens is 484 g/mol. The number of halogens is 1. The van der Waals surface area contributed by atoms with Crippen LogP contribution in [0.5, 0.6) is 5.75 Å². The summed E-state index contributed by atoms with van der Waals surface area (Å²) in [7, 11) is 0. The lowest BCUT2D eigenvalue weighted by Crippen LogP contribution is -2.09. The lowest BCUT2D eigenvalue weighted by Gasteiger charge is -2.12. The Balaban J connectivity index is 1.61. The van der Waals surface area contributed by atoms with Crippen LogP contribution in [0.25, 0.3) is 22.0 Å². The highest BCUT2D eigenvalue weighted by atomic mass is 79.9. The van der Waals surface area contributed by atoms with E-state index >= 15 is 0 Å². The molecule has 8 heteroatoms. The summed E-state index contributed by atoms with van der Waals surface area (Å²) in [6.07, 6.45) is 0.206. The summed E-state index contributed by atoms with van der Waals surface area (Å²) in [4.78, 5) is 20.3. The van der Waals surface area contributed by atoms with Gasteiger partial charge in [-0.25, -0.2) is 4.98 Å². The molecule has 7 nitrogen and oxygen atoms in total. The van der Waals surface area contributed by atoms with Gasteiger partial charge in [-0.1, -0.05) is 40.2 Å². The minimum absolute atomic E-state index is 0.199. The molecule has 0 spiro atoms. The highest BCUT2D eigenvalue weighted by molar-refractivity contribution is 9.10. The van der Waals surface area contributed by atoms with Crippen LogP contribution in [-0.2, 0) is 9.53 Å². The summed E-state index contributed by atoms with van der Waals surface area (Å²) in [5.74, 6) is 1.23. The van der Waals surface area contributed by atoms with E-state index in [4.69, 9.17) is 15.2 Å². The number of carbonyl (C=O) groups excluding carboxylic acids is 1. The summed E-state index contributed by atoms with van der Waals surface area (Å²) in [6, 6.07) is 21.5. The Hall–Kier alpha value is -3.65. The first-order valence-corrected chi connectivity index (χ1v) is 11.3. The second kappa shape index (κ2) is 10.3. The Morgan fingerprint density at radius 1 is 1.03 bits per heavy atom. The monoisotopic (exact) mass is 506 g/mol. The van der Waals surface area contributed by atoms with Crippen LogP contribution in [0.1, 0.15) is 13.3 Å². The molecule has 33 heavy (non-hydrogen) atoms. The third-order valence-corrected chi connectivity index (χ3v) is 5.34. The number of anilines is 3. The van der Waals surface area contributed by atoms with Crippen LogP contribution in [-0.4, -0.2) is 29.2 Å². The van der Waals surface area contributed by atoms with E-state index in [1.54, 1.807) is 6.92 Å². The Labute approximate surface area is 200 Å². The van der Waals surface area contributed by atoms with Crippen LogP contribution in [0.15, 0.2) is 71.2 Å². The number of hydrogen-bond donors (Lipinski definition) is 2. The third-order valence-electron chi connectivity index (χ3n) is 4.85. The number of benzene rings is 3. The number of nitrogens with two attached hydrogens (primary N) is 1. The smallest absolute Gasteiger partial charge is 0.309 e. The van der Waals surface area contributed by atoms with Crippen LogP contribution in [0, 0.1) is 0 Å². The van der Waals surface area contributed by atoms with Gasteiger partial charge in [-0.3, -0.25) is 4.79 Å². The molecule has 0 radical (unpaired) electrons. The van der Waals surface area contributed by atoms with Gasteiger partial charge in [0.05, 0.1) is 25.2 Å². The quantitative estimate of drug-likeness (QED) is 0.295. The first kappa shape index (κ1) is 22.5. The lowest BCUT2D eigenvalue weighted by atomic mass is 10.0. The number of rotatable bonds is 8. The molecule has 0 fully saturated rings. The zero-order valence-corrected chi connectivity index (χ0v) is 19.6. The van der Waals surface area contributed by atoms with Crippen molar-refractivity contribution in [2.45, 2.75) is 13.3 Å². The second-order valence-corrected chi connectivity index (χ2v) is 8.14. The normalized spacial score (nSPS) is 10.7. The van der Waals surface area contributed by atoms with Gasteiger partial charge >= 0.3 is 5.97 Å². The molecule has 0 aliphatic rings. The second-order valence-electron chi connectivity index (χ2n) is 7.23. The first-order chi connectivity index (χ1) is 16.0. The Bertz CT molecular complexity index is 1300. The fourth-order valence-electron chi connectivity index (χ4n) is 3.38. The van der Waals surface area contributed by atoms with E-state index < -0.39 is 0 Å². The van der Waals surface area contributed by atoms with Crippen LogP contribution in [0.2, 0.25) is 0 Å². The molecule has 0 atom stereocenters. The first-order valence-electron chi connectivity index (χ1n) is 10.5. The maximum Gasteiger partial charge on any atom is 0.309 e. The minimum atomic E-state index is -0.270. The van der Waals surface area contributed by atoms with E-state index in [2.05, 4.69) is 31.2 Å². The van der Waals surface area contributed by atoms with Gasteiger partial charge in [0.1, 0.15) is 11.6 Å². The van der Waals surface area contributed by atoms with Crippen LogP contribution in [0.4, 0.5) is 17.5 Å². The highest BCUT2D eigenvalue weighted by Gasteiger charge is 2.10. The van der Waals surface area contributed by atoms with E-state index in [0.29, 0.717) is 18.2 Å². The van der Waals surface area contributed by atoms with Gasteiger partial charge < -0.3 is 20.5 Å². The van der Waals surface area contributed by atoms with Gasteiger partial charge in [0.25, 0.3) is 0 Å². The molecule has 0 saturated heterocycles. The van der Waals surface area contributed by atoms with Crippen molar-refractivity contribution < 1.29 is 14.3 Å². The number of ether oxygens (including phenoxy) is 2. The summed E-state index contributed by atoms with van der Waals surface area (Å²) in [5.41, 5.74) is 9.51. The SMILES string of the molecule is CCOC(=O)CCOc1cccc(-c2ccc3nc(N)nc(Nc4cccc(Br)c4)c3c2)c1. The molecule has 0 aliphatic carbocycles. The number of hydrogen-bond acceptors (Lipinski definition) is 7. The van der Waals surface area contributed by atoms with E-state index in [1.807, 2.05) is 66.7 Å². The molecule has 0 unspecified atom stereocenters. The molecule has 3 N–H and O–H groups in total. The average Bonchev–Trinajstić information content (AvgIpc) is 2.79.